The van der Waals surface area contributed by atoms with Gasteiger partial charge in [-0.15, -0.1) is 6.42 Å². The average molecular weight is 464 g/mol. The average Bonchev–Trinajstić information content (AvgIpc) is 3.60. The topological polar surface area (TPSA) is 59.8 Å². The quantitative estimate of drug-likeness (QED) is 0.320. The van der Waals surface area contributed by atoms with Crippen LogP contribution in [0.2, 0.25) is 0 Å². The number of aliphatic hydroxyl groups is 1. The number of aliphatic hydroxyl groups excluding tert-OH is 1. The smallest absolute Gasteiger partial charge is 0.227 e. The molecule has 0 radical (unpaired) electrons. The van der Waals surface area contributed by atoms with Gasteiger partial charge >= 0.3 is 0 Å². The highest BCUT2D eigenvalue weighted by atomic mass is 19.1. The number of hydrogen-bond acceptors (Lipinski definition) is 5. The van der Waals surface area contributed by atoms with Crippen LogP contribution in [0.4, 0.5) is 4.39 Å². The van der Waals surface area contributed by atoms with Gasteiger partial charge in [0.15, 0.2) is 0 Å². The highest BCUT2D eigenvalue weighted by Crippen LogP contribution is 2.34. The first-order chi connectivity index (χ1) is 16.5. The Kier molecular flexibility index (Phi) is 7.96. The van der Waals surface area contributed by atoms with Crippen LogP contribution in [0, 0.1) is 31.0 Å². The number of rotatable bonds is 12. The third-order valence-corrected chi connectivity index (χ3v) is 5.73. The molecule has 178 valence electrons. The fourth-order valence-electron chi connectivity index (χ4n) is 3.88. The minimum atomic E-state index is -0.655. The van der Waals surface area contributed by atoms with Crippen LogP contribution in [-0.4, -0.2) is 52.2 Å². The molecule has 1 aromatic heterocycles. The van der Waals surface area contributed by atoms with Crippen molar-refractivity contribution in [1.82, 2.24) is 14.7 Å². The van der Waals surface area contributed by atoms with Crippen molar-refractivity contribution in [1.29, 1.82) is 0 Å². The van der Waals surface area contributed by atoms with Crippen molar-refractivity contribution in [3.05, 3.63) is 71.7 Å². The Morgan fingerprint density at radius 1 is 1.21 bits per heavy atom. The summed E-state index contributed by atoms with van der Waals surface area (Å²) in [5, 5.41) is 15.3. The first-order valence-corrected chi connectivity index (χ1v) is 11.5. The van der Waals surface area contributed by atoms with E-state index in [9.17, 15) is 9.50 Å². The normalized spacial score (nSPS) is 14.2. The highest BCUT2D eigenvalue weighted by molar-refractivity contribution is 5.43. The monoisotopic (exact) mass is 463 g/mol. The number of aryl methyl sites for hydroxylation is 1. The van der Waals surface area contributed by atoms with Crippen LogP contribution < -0.4 is 4.74 Å². The Balaban J connectivity index is 1.62. The molecule has 0 bridgehead atoms. The summed E-state index contributed by atoms with van der Waals surface area (Å²) in [5.41, 5.74) is 2.62. The number of terminal acetylenes is 1. The summed E-state index contributed by atoms with van der Waals surface area (Å²) < 4.78 is 26.8. The van der Waals surface area contributed by atoms with Gasteiger partial charge in [0.05, 0.1) is 29.7 Å². The molecule has 2 aromatic carbocycles. The van der Waals surface area contributed by atoms with Gasteiger partial charge < -0.3 is 14.6 Å². The van der Waals surface area contributed by atoms with Crippen molar-refractivity contribution < 1.29 is 19.0 Å². The minimum absolute atomic E-state index is 0.179. The van der Waals surface area contributed by atoms with Crippen LogP contribution in [0.3, 0.4) is 0 Å². The summed E-state index contributed by atoms with van der Waals surface area (Å²) in [6, 6.07) is 15.7. The summed E-state index contributed by atoms with van der Waals surface area (Å²) in [6.45, 7) is 4.20. The molecular formula is C27H30FN3O3. The number of aromatic nitrogens is 2. The molecule has 0 spiro atoms. The second kappa shape index (κ2) is 11.3. The van der Waals surface area contributed by atoms with Crippen molar-refractivity contribution in [2.45, 2.75) is 32.4 Å². The number of para-hydroxylation sites is 1. The van der Waals surface area contributed by atoms with Gasteiger partial charge in [-0.05, 0) is 62.1 Å². The molecular weight excluding hydrogens is 433 g/mol. The molecule has 1 N–H and O–H groups in total. The molecule has 1 saturated carbocycles. The van der Waals surface area contributed by atoms with Crippen molar-refractivity contribution in [2.75, 3.05) is 26.3 Å². The van der Waals surface area contributed by atoms with Crippen LogP contribution in [-0.2, 0) is 11.3 Å². The van der Waals surface area contributed by atoms with Crippen LogP contribution in [0.5, 0.6) is 11.6 Å². The van der Waals surface area contributed by atoms with Gasteiger partial charge in [0.25, 0.3) is 0 Å². The molecule has 1 heterocycles. The number of ether oxygens (including phenoxy) is 2. The van der Waals surface area contributed by atoms with E-state index in [4.69, 9.17) is 21.0 Å². The summed E-state index contributed by atoms with van der Waals surface area (Å²) in [5.74, 6) is 3.83. The van der Waals surface area contributed by atoms with E-state index in [1.54, 1.807) is 16.8 Å². The lowest BCUT2D eigenvalue weighted by molar-refractivity contribution is 0.0250. The fourth-order valence-corrected chi connectivity index (χ4v) is 3.88. The molecule has 0 aliphatic heterocycles. The molecule has 3 aromatic rings. The second-order valence-electron chi connectivity index (χ2n) is 8.68. The maximum absolute atomic E-state index is 13.5. The van der Waals surface area contributed by atoms with Gasteiger partial charge in [-0.25, -0.2) is 9.07 Å². The first-order valence-electron chi connectivity index (χ1n) is 11.5. The molecule has 1 aliphatic rings. The largest absolute Gasteiger partial charge is 0.439 e. The molecule has 1 fully saturated rings. The van der Waals surface area contributed by atoms with Crippen LogP contribution in [0.15, 0.2) is 54.6 Å². The van der Waals surface area contributed by atoms with E-state index in [1.165, 1.54) is 25.0 Å². The van der Waals surface area contributed by atoms with E-state index < -0.39 is 6.10 Å². The zero-order valence-corrected chi connectivity index (χ0v) is 19.4. The van der Waals surface area contributed by atoms with Gasteiger partial charge in [-0.1, -0.05) is 24.1 Å². The molecule has 4 rings (SSSR count). The summed E-state index contributed by atoms with van der Waals surface area (Å²) in [7, 11) is 0. The molecule has 0 unspecified atom stereocenters. The Bertz CT molecular complexity index is 1100. The van der Waals surface area contributed by atoms with Gasteiger partial charge in [-0.3, -0.25) is 4.90 Å². The maximum atomic E-state index is 13.5. The lowest BCUT2D eigenvalue weighted by atomic mass is 10.2. The molecule has 1 atom stereocenters. The third kappa shape index (κ3) is 6.45. The molecule has 6 nitrogen and oxygen atoms in total. The van der Waals surface area contributed by atoms with E-state index in [0.717, 1.165) is 23.5 Å². The van der Waals surface area contributed by atoms with E-state index >= 15 is 0 Å². The Morgan fingerprint density at radius 2 is 1.94 bits per heavy atom. The molecule has 34 heavy (non-hydrogen) atoms. The predicted octanol–water partition coefficient (Wildman–Crippen LogP) is 4.33. The van der Waals surface area contributed by atoms with Crippen LogP contribution >= 0.6 is 0 Å². The van der Waals surface area contributed by atoms with E-state index in [2.05, 4.69) is 10.8 Å². The lowest BCUT2D eigenvalue weighted by Crippen LogP contribution is -2.36. The molecule has 1 aliphatic carbocycles. The minimum Gasteiger partial charge on any atom is -0.439 e. The van der Waals surface area contributed by atoms with Gasteiger partial charge in [-0.2, -0.15) is 5.10 Å². The Morgan fingerprint density at radius 3 is 2.62 bits per heavy atom. The standard InChI is InChI=1S/C27H30FN3O3/c1-3-15-33-19-24(32)17-30(16-21-9-10-21)18-26-20(2)29-31(23-7-5-4-6-8-23)27(26)34-25-13-11-22(28)12-14-25/h1,4-8,11-14,21,24,32H,9-10,15-19H2,2H3/t24-/m0/s1. The summed E-state index contributed by atoms with van der Waals surface area (Å²) >= 11 is 0. The number of halogens is 1. The van der Waals surface area contributed by atoms with Crippen molar-refractivity contribution in [3.63, 3.8) is 0 Å². The number of hydrogen-bond donors (Lipinski definition) is 1. The molecule has 7 heteroatoms. The summed E-state index contributed by atoms with van der Waals surface area (Å²) in [4.78, 5) is 2.22. The van der Waals surface area contributed by atoms with E-state index in [0.29, 0.717) is 30.6 Å². The maximum Gasteiger partial charge on any atom is 0.227 e. The zero-order valence-electron chi connectivity index (χ0n) is 19.4. The van der Waals surface area contributed by atoms with Crippen LogP contribution in [0.1, 0.15) is 24.1 Å². The van der Waals surface area contributed by atoms with Gasteiger partial charge in [0.2, 0.25) is 5.88 Å². The van der Waals surface area contributed by atoms with Crippen molar-refractivity contribution >= 4 is 0 Å². The SMILES string of the molecule is C#CCOC[C@@H](O)CN(Cc1c(C)nn(-c2ccccc2)c1Oc1ccc(F)cc1)CC1CC1. The fraction of sp³-hybridized carbons (Fsp3) is 0.370. The van der Waals surface area contributed by atoms with Gasteiger partial charge in [0.1, 0.15) is 18.2 Å². The lowest BCUT2D eigenvalue weighted by Gasteiger charge is -2.25. The van der Waals surface area contributed by atoms with Gasteiger partial charge in [0, 0.05) is 19.6 Å². The molecule has 0 amide bonds. The molecule has 0 saturated heterocycles. The number of nitrogens with zero attached hydrogens (tertiary/aromatic N) is 3. The third-order valence-electron chi connectivity index (χ3n) is 5.73. The van der Waals surface area contributed by atoms with E-state index in [-0.39, 0.29) is 19.0 Å². The first kappa shape index (κ1) is 24.0. The van der Waals surface area contributed by atoms with Crippen LogP contribution in [0.25, 0.3) is 5.69 Å². The van der Waals surface area contributed by atoms with E-state index in [1.807, 2.05) is 37.3 Å². The van der Waals surface area contributed by atoms with Crippen molar-refractivity contribution in [3.8, 4) is 29.7 Å². The zero-order chi connectivity index (χ0) is 23.9. The highest BCUT2D eigenvalue weighted by Gasteiger charge is 2.28. The second-order valence-corrected chi connectivity index (χ2v) is 8.68. The Labute approximate surface area is 199 Å². The number of benzene rings is 2. The summed E-state index contributed by atoms with van der Waals surface area (Å²) in [6.07, 6.45) is 6.97. The predicted molar refractivity (Wildman–Crippen MR) is 128 cm³/mol. The Hall–Kier alpha value is -3.18. The van der Waals surface area contributed by atoms with Crippen molar-refractivity contribution in [2.24, 2.45) is 5.92 Å².